The maximum absolute atomic E-state index is 6.82. The molecule has 0 N–H and O–H groups in total. The summed E-state index contributed by atoms with van der Waals surface area (Å²) in [5.74, 6) is 1.83. The minimum Gasteiger partial charge on any atom is -0.455 e. The van der Waals surface area contributed by atoms with Gasteiger partial charge < -0.3 is 4.42 Å². The molecule has 0 amide bonds. The summed E-state index contributed by atoms with van der Waals surface area (Å²) in [6.45, 7) is 0. The molecule has 3 heterocycles. The lowest BCUT2D eigenvalue weighted by Gasteiger charge is -2.11. The Balaban J connectivity index is 1.26. The maximum atomic E-state index is 6.82. The highest BCUT2D eigenvalue weighted by Crippen LogP contribution is 2.43. The lowest BCUT2D eigenvalue weighted by atomic mass is 9.94. The molecule has 0 bridgehead atoms. The van der Waals surface area contributed by atoms with Crippen LogP contribution in [-0.2, 0) is 0 Å². The van der Waals surface area contributed by atoms with Gasteiger partial charge in [0.2, 0.25) is 0 Å². The van der Waals surface area contributed by atoms with Gasteiger partial charge in [0.1, 0.15) is 11.2 Å². The monoisotopic (exact) mass is 626 g/mol. The third-order valence-electron chi connectivity index (χ3n) is 9.37. The van der Waals surface area contributed by atoms with Crippen LogP contribution in [0.3, 0.4) is 0 Å². The maximum Gasteiger partial charge on any atom is 0.164 e. The van der Waals surface area contributed by atoms with Crippen molar-refractivity contribution < 1.29 is 4.42 Å². The molecule has 10 rings (SSSR count). The van der Waals surface area contributed by atoms with Gasteiger partial charge >= 0.3 is 0 Å². The number of aromatic nitrogens is 4. The quantitative estimate of drug-likeness (QED) is 0.182. The molecule has 228 valence electrons. The SMILES string of the molecule is c1ccc(-c2nc(-c3ccccc3)nc(-c3ccc(-c4ccc5c(ccc6ccccc65)c4)c4oc5cc6cnccc6cc5c34)n2)cc1. The van der Waals surface area contributed by atoms with Crippen molar-refractivity contribution in [3.63, 3.8) is 0 Å². The van der Waals surface area contributed by atoms with Crippen LogP contribution < -0.4 is 0 Å². The second-order valence-electron chi connectivity index (χ2n) is 12.3. The van der Waals surface area contributed by atoms with E-state index >= 15 is 0 Å². The van der Waals surface area contributed by atoms with Gasteiger partial charge in [0, 0.05) is 50.8 Å². The largest absolute Gasteiger partial charge is 0.455 e. The molecule has 0 spiro atoms. The van der Waals surface area contributed by atoms with E-state index in [2.05, 4.69) is 83.8 Å². The third kappa shape index (κ3) is 4.55. The van der Waals surface area contributed by atoms with E-state index < -0.39 is 0 Å². The van der Waals surface area contributed by atoms with Crippen LogP contribution in [0.1, 0.15) is 0 Å². The smallest absolute Gasteiger partial charge is 0.164 e. The van der Waals surface area contributed by atoms with Crippen LogP contribution >= 0.6 is 0 Å². The molecule has 0 unspecified atom stereocenters. The average molecular weight is 627 g/mol. The molecule has 0 fully saturated rings. The van der Waals surface area contributed by atoms with Crippen LogP contribution in [0.4, 0.5) is 0 Å². The fourth-order valence-corrected chi connectivity index (χ4v) is 6.98. The highest BCUT2D eigenvalue weighted by atomic mass is 16.3. The predicted octanol–water partition coefficient (Wildman–Crippen LogP) is 11.3. The summed E-state index contributed by atoms with van der Waals surface area (Å²) >= 11 is 0. The zero-order valence-electron chi connectivity index (χ0n) is 26.2. The minimum absolute atomic E-state index is 0.590. The molecule has 49 heavy (non-hydrogen) atoms. The third-order valence-corrected chi connectivity index (χ3v) is 9.37. The number of fused-ring (bicyclic) bond motifs is 7. The van der Waals surface area contributed by atoms with Crippen LogP contribution in [0.2, 0.25) is 0 Å². The first-order valence-electron chi connectivity index (χ1n) is 16.3. The summed E-state index contributed by atoms with van der Waals surface area (Å²) in [6, 6.07) is 50.3. The van der Waals surface area contributed by atoms with E-state index in [9.17, 15) is 0 Å². The number of benzene rings is 7. The van der Waals surface area contributed by atoms with Crippen LogP contribution in [0.15, 0.2) is 162 Å². The molecule has 0 radical (unpaired) electrons. The topological polar surface area (TPSA) is 64.7 Å². The average Bonchev–Trinajstić information content (AvgIpc) is 3.55. The van der Waals surface area contributed by atoms with E-state index in [1.165, 1.54) is 21.5 Å². The Morgan fingerprint density at radius 3 is 1.88 bits per heavy atom. The summed E-state index contributed by atoms with van der Waals surface area (Å²) < 4.78 is 6.82. The molecule has 0 atom stereocenters. The van der Waals surface area contributed by atoms with Crippen LogP contribution in [0, 0.1) is 0 Å². The van der Waals surface area contributed by atoms with Crippen molar-refractivity contribution in [2.75, 3.05) is 0 Å². The van der Waals surface area contributed by atoms with Crippen molar-refractivity contribution in [3.8, 4) is 45.3 Å². The van der Waals surface area contributed by atoms with Gasteiger partial charge in [0.25, 0.3) is 0 Å². The van der Waals surface area contributed by atoms with Gasteiger partial charge in [-0.2, -0.15) is 0 Å². The van der Waals surface area contributed by atoms with Crippen molar-refractivity contribution in [2.45, 2.75) is 0 Å². The first kappa shape index (κ1) is 27.4. The number of nitrogens with zero attached hydrogens (tertiary/aromatic N) is 4. The van der Waals surface area contributed by atoms with E-state index in [1.54, 1.807) is 0 Å². The van der Waals surface area contributed by atoms with Gasteiger partial charge in [0.15, 0.2) is 17.5 Å². The second-order valence-corrected chi connectivity index (χ2v) is 12.3. The Morgan fingerprint density at radius 1 is 0.408 bits per heavy atom. The summed E-state index contributed by atoms with van der Waals surface area (Å²) in [5.41, 5.74) is 6.40. The Morgan fingerprint density at radius 2 is 1.08 bits per heavy atom. The van der Waals surface area contributed by atoms with Crippen LogP contribution in [-0.4, -0.2) is 19.9 Å². The number of rotatable bonds is 4. The number of furan rings is 1. The molecule has 0 aliphatic carbocycles. The Bertz CT molecular complexity index is 2820. The molecule has 0 aliphatic heterocycles. The molecular weight excluding hydrogens is 601 g/mol. The highest BCUT2D eigenvalue weighted by molar-refractivity contribution is 6.18. The Hall–Kier alpha value is -6.72. The molecule has 5 heteroatoms. The van der Waals surface area contributed by atoms with Gasteiger partial charge in [-0.15, -0.1) is 0 Å². The second kappa shape index (κ2) is 10.9. The van der Waals surface area contributed by atoms with Crippen molar-refractivity contribution in [1.82, 2.24) is 19.9 Å². The lowest BCUT2D eigenvalue weighted by molar-refractivity contribution is 0.670. The fraction of sp³-hybridized carbons (Fsp3) is 0. The van der Waals surface area contributed by atoms with E-state index in [4.69, 9.17) is 19.4 Å². The molecule has 0 saturated carbocycles. The Kier molecular flexibility index (Phi) is 6.11. The van der Waals surface area contributed by atoms with Crippen LogP contribution in [0.25, 0.3) is 99.5 Å². The molecule has 3 aromatic heterocycles. The van der Waals surface area contributed by atoms with Crippen molar-refractivity contribution >= 4 is 54.3 Å². The summed E-state index contributed by atoms with van der Waals surface area (Å²) in [5, 5.41) is 8.96. The van der Waals surface area contributed by atoms with Crippen molar-refractivity contribution in [2.24, 2.45) is 0 Å². The summed E-state index contributed by atoms with van der Waals surface area (Å²) in [6.07, 6.45) is 3.70. The molecule has 10 aromatic rings. The number of hydrogen-bond acceptors (Lipinski definition) is 5. The fourth-order valence-electron chi connectivity index (χ4n) is 6.98. The van der Waals surface area contributed by atoms with E-state index in [-0.39, 0.29) is 0 Å². The van der Waals surface area contributed by atoms with Crippen molar-refractivity contribution in [1.29, 1.82) is 0 Å². The van der Waals surface area contributed by atoms with Gasteiger partial charge in [0.05, 0.1) is 0 Å². The zero-order chi connectivity index (χ0) is 32.3. The summed E-state index contributed by atoms with van der Waals surface area (Å²) in [7, 11) is 0. The first-order valence-corrected chi connectivity index (χ1v) is 16.3. The zero-order valence-corrected chi connectivity index (χ0v) is 26.2. The van der Waals surface area contributed by atoms with E-state index in [1.807, 2.05) is 79.1 Å². The predicted molar refractivity (Wildman–Crippen MR) is 199 cm³/mol. The summed E-state index contributed by atoms with van der Waals surface area (Å²) in [4.78, 5) is 19.5. The molecule has 0 aliphatic rings. The van der Waals surface area contributed by atoms with E-state index in [0.717, 1.165) is 60.5 Å². The van der Waals surface area contributed by atoms with Gasteiger partial charge in [-0.3, -0.25) is 4.98 Å². The van der Waals surface area contributed by atoms with Gasteiger partial charge in [-0.05, 0) is 68.9 Å². The van der Waals surface area contributed by atoms with Crippen molar-refractivity contribution in [3.05, 3.63) is 158 Å². The standard InChI is InChI=1S/C44H26N4O/c1-3-10-28(11-4-1)42-46-43(29-12-5-2-6-13-29)48-44(47-42)37-20-19-36(32-17-18-35-31(23-32)16-15-27-9-7-8-14-34(27)35)41-40(37)38-24-30-21-22-45-26-33(30)25-39(38)49-41/h1-26H. The molecule has 5 nitrogen and oxygen atoms in total. The first-order chi connectivity index (χ1) is 24.3. The van der Waals surface area contributed by atoms with Crippen LogP contribution in [0.5, 0.6) is 0 Å². The van der Waals surface area contributed by atoms with Gasteiger partial charge in [-0.25, -0.2) is 15.0 Å². The molecule has 0 saturated heterocycles. The van der Waals surface area contributed by atoms with E-state index in [0.29, 0.717) is 17.5 Å². The minimum atomic E-state index is 0.590. The number of pyridine rings is 1. The Labute approximate surface area is 281 Å². The van der Waals surface area contributed by atoms with Gasteiger partial charge in [-0.1, -0.05) is 109 Å². The molecular formula is C44H26N4O. The lowest BCUT2D eigenvalue weighted by Crippen LogP contribution is -2.00. The number of hydrogen-bond donors (Lipinski definition) is 0. The highest BCUT2D eigenvalue weighted by Gasteiger charge is 2.21. The molecule has 7 aromatic carbocycles. The normalized spacial score (nSPS) is 11.7.